The second-order valence-electron chi connectivity index (χ2n) is 5.02. The number of hydrogen-bond donors (Lipinski definition) is 3. The number of pyridine rings is 1. The molecule has 0 aliphatic carbocycles. The maximum absolute atomic E-state index is 12.9. The predicted molar refractivity (Wildman–Crippen MR) is 84.1 cm³/mol. The third kappa shape index (κ3) is 4.69. The minimum Gasteiger partial charge on any atom is -0.368 e. The van der Waals surface area contributed by atoms with Gasteiger partial charge in [-0.1, -0.05) is 30.3 Å². The van der Waals surface area contributed by atoms with Gasteiger partial charge in [-0.2, -0.15) is 13.2 Å². The highest BCUT2D eigenvalue weighted by molar-refractivity contribution is 5.81. The van der Waals surface area contributed by atoms with E-state index in [1.54, 1.807) is 24.3 Å². The van der Waals surface area contributed by atoms with E-state index in [0.717, 1.165) is 6.07 Å². The molecule has 8 heteroatoms. The summed E-state index contributed by atoms with van der Waals surface area (Å²) in [6, 6.07) is 10.3. The van der Waals surface area contributed by atoms with Gasteiger partial charge in [0.1, 0.15) is 11.9 Å². The molecule has 0 saturated heterocycles. The molecule has 2 aromatic rings. The van der Waals surface area contributed by atoms with E-state index in [1.165, 1.54) is 12.3 Å². The molecule has 2 rings (SSSR count). The largest absolute Gasteiger partial charge is 0.419 e. The molecular formula is C16H17F3N4O. The molecule has 1 atom stereocenters. The number of hydrogen-bond acceptors (Lipinski definition) is 4. The Balaban J connectivity index is 1.94. The van der Waals surface area contributed by atoms with Crippen LogP contribution in [0.4, 0.5) is 19.0 Å². The number of benzene rings is 1. The van der Waals surface area contributed by atoms with Gasteiger partial charge in [-0.3, -0.25) is 4.79 Å². The first-order valence-electron chi connectivity index (χ1n) is 7.23. The summed E-state index contributed by atoms with van der Waals surface area (Å²) in [4.78, 5) is 15.2. The summed E-state index contributed by atoms with van der Waals surface area (Å²) in [5.74, 6) is -0.808. The predicted octanol–water partition coefficient (Wildman–Crippen LogP) is 2.33. The van der Waals surface area contributed by atoms with Crippen molar-refractivity contribution in [3.63, 3.8) is 0 Å². The lowest BCUT2D eigenvalue weighted by molar-refractivity contribution is -0.137. The van der Waals surface area contributed by atoms with Crippen molar-refractivity contribution in [1.82, 2.24) is 10.3 Å². The Morgan fingerprint density at radius 3 is 2.46 bits per heavy atom. The highest BCUT2D eigenvalue weighted by atomic mass is 19.4. The van der Waals surface area contributed by atoms with E-state index in [-0.39, 0.29) is 18.9 Å². The molecule has 0 saturated carbocycles. The van der Waals surface area contributed by atoms with Gasteiger partial charge in [0, 0.05) is 19.3 Å². The SMILES string of the molecule is NC(=O)[C@H](NCCNc1ncccc1C(F)(F)F)c1ccccc1. The lowest BCUT2D eigenvalue weighted by Gasteiger charge is -2.17. The Morgan fingerprint density at radius 1 is 1.12 bits per heavy atom. The highest BCUT2D eigenvalue weighted by Gasteiger charge is 2.33. The van der Waals surface area contributed by atoms with Crippen LogP contribution in [0.25, 0.3) is 0 Å². The molecule has 0 aliphatic heterocycles. The second-order valence-corrected chi connectivity index (χ2v) is 5.02. The van der Waals surface area contributed by atoms with Gasteiger partial charge in [0.2, 0.25) is 5.91 Å². The number of halogens is 3. The van der Waals surface area contributed by atoms with Crippen molar-refractivity contribution in [3.8, 4) is 0 Å². The lowest BCUT2D eigenvalue weighted by atomic mass is 10.1. The van der Waals surface area contributed by atoms with Crippen LogP contribution in [0.15, 0.2) is 48.7 Å². The third-order valence-electron chi connectivity index (χ3n) is 3.30. The molecule has 5 nitrogen and oxygen atoms in total. The molecule has 0 aliphatic rings. The number of amides is 1. The van der Waals surface area contributed by atoms with Crippen molar-refractivity contribution in [1.29, 1.82) is 0 Å². The fraction of sp³-hybridized carbons (Fsp3) is 0.250. The molecule has 0 spiro atoms. The lowest BCUT2D eigenvalue weighted by Crippen LogP contribution is -2.36. The number of aromatic nitrogens is 1. The number of alkyl halides is 3. The number of anilines is 1. The Labute approximate surface area is 137 Å². The van der Waals surface area contributed by atoms with Crippen LogP contribution in [-0.4, -0.2) is 24.0 Å². The van der Waals surface area contributed by atoms with E-state index >= 15 is 0 Å². The van der Waals surface area contributed by atoms with Crippen LogP contribution in [0.5, 0.6) is 0 Å². The highest BCUT2D eigenvalue weighted by Crippen LogP contribution is 2.33. The Hall–Kier alpha value is -2.61. The number of rotatable bonds is 7. The van der Waals surface area contributed by atoms with Crippen molar-refractivity contribution >= 4 is 11.7 Å². The number of carbonyl (C=O) groups is 1. The molecule has 0 bridgehead atoms. The minimum absolute atomic E-state index is 0.150. The maximum Gasteiger partial charge on any atom is 0.419 e. The Morgan fingerprint density at radius 2 is 1.83 bits per heavy atom. The molecule has 128 valence electrons. The van der Waals surface area contributed by atoms with Gasteiger partial charge in [-0.15, -0.1) is 0 Å². The maximum atomic E-state index is 12.9. The number of nitrogens with two attached hydrogens (primary N) is 1. The van der Waals surface area contributed by atoms with Crippen molar-refractivity contribution in [2.24, 2.45) is 5.73 Å². The van der Waals surface area contributed by atoms with E-state index in [9.17, 15) is 18.0 Å². The van der Waals surface area contributed by atoms with Gasteiger partial charge in [0.05, 0.1) is 5.56 Å². The van der Waals surface area contributed by atoms with Crippen LogP contribution >= 0.6 is 0 Å². The number of carbonyl (C=O) groups excluding carboxylic acids is 1. The third-order valence-corrected chi connectivity index (χ3v) is 3.30. The van der Waals surface area contributed by atoms with E-state index in [2.05, 4.69) is 15.6 Å². The molecular weight excluding hydrogens is 321 g/mol. The van der Waals surface area contributed by atoms with E-state index in [1.807, 2.05) is 6.07 Å². The van der Waals surface area contributed by atoms with E-state index < -0.39 is 23.7 Å². The van der Waals surface area contributed by atoms with Gasteiger partial charge in [-0.05, 0) is 17.7 Å². The van der Waals surface area contributed by atoms with Crippen LogP contribution < -0.4 is 16.4 Å². The van der Waals surface area contributed by atoms with Crippen molar-refractivity contribution in [2.75, 3.05) is 18.4 Å². The van der Waals surface area contributed by atoms with Crippen molar-refractivity contribution < 1.29 is 18.0 Å². The fourth-order valence-electron chi connectivity index (χ4n) is 2.20. The van der Waals surface area contributed by atoms with Crippen LogP contribution in [-0.2, 0) is 11.0 Å². The summed E-state index contributed by atoms with van der Waals surface area (Å²) in [7, 11) is 0. The number of nitrogens with one attached hydrogen (secondary N) is 2. The van der Waals surface area contributed by atoms with Gasteiger partial charge in [0.15, 0.2) is 0 Å². The minimum atomic E-state index is -4.48. The van der Waals surface area contributed by atoms with Crippen LogP contribution in [0, 0.1) is 0 Å². The molecule has 0 fully saturated rings. The summed E-state index contributed by atoms with van der Waals surface area (Å²) >= 11 is 0. The van der Waals surface area contributed by atoms with Crippen molar-refractivity contribution in [2.45, 2.75) is 12.2 Å². The zero-order valence-corrected chi connectivity index (χ0v) is 12.7. The number of nitrogens with zero attached hydrogens (tertiary/aromatic N) is 1. The topological polar surface area (TPSA) is 80.0 Å². The second kappa shape index (κ2) is 7.78. The molecule has 24 heavy (non-hydrogen) atoms. The summed E-state index contributed by atoms with van der Waals surface area (Å²) in [5, 5.41) is 5.54. The average Bonchev–Trinajstić information content (AvgIpc) is 2.54. The molecule has 1 heterocycles. The van der Waals surface area contributed by atoms with Gasteiger partial charge >= 0.3 is 6.18 Å². The van der Waals surface area contributed by atoms with Gasteiger partial charge in [-0.25, -0.2) is 4.98 Å². The van der Waals surface area contributed by atoms with Crippen LogP contribution in [0.2, 0.25) is 0 Å². The standard InChI is InChI=1S/C16H17F3N4O/c17-16(18,19)12-7-4-8-22-15(12)23-10-9-21-13(14(20)24)11-5-2-1-3-6-11/h1-8,13,21H,9-10H2,(H2,20,24)(H,22,23)/t13-/m1/s1. The average molecular weight is 338 g/mol. The zero-order valence-electron chi connectivity index (χ0n) is 12.7. The zero-order chi connectivity index (χ0) is 17.6. The van der Waals surface area contributed by atoms with E-state index in [0.29, 0.717) is 5.56 Å². The summed E-state index contributed by atoms with van der Waals surface area (Å²) in [6.07, 6.45) is -3.20. The first-order chi connectivity index (χ1) is 11.4. The first kappa shape index (κ1) is 17.7. The van der Waals surface area contributed by atoms with Crippen LogP contribution in [0.3, 0.4) is 0 Å². The Bertz CT molecular complexity index is 677. The monoisotopic (exact) mass is 338 g/mol. The van der Waals surface area contributed by atoms with Gasteiger partial charge < -0.3 is 16.4 Å². The molecule has 0 radical (unpaired) electrons. The molecule has 1 amide bonds. The van der Waals surface area contributed by atoms with Gasteiger partial charge in [0.25, 0.3) is 0 Å². The van der Waals surface area contributed by atoms with Crippen molar-refractivity contribution in [3.05, 3.63) is 59.8 Å². The Kier molecular flexibility index (Phi) is 5.75. The molecule has 1 aromatic carbocycles. The summed E-state index contributed by atoms with van der Waals surface area (Å²) in [5.41, 5.74) is 5.22. The number of primary amides is 1. The molecule has 1 aromatic heterocycles. The normalized spacial score (nSPS) is 12.6. The first-order valence-corrected chi connectivity index (χ1v) is 7.23. The smallest absolute Gasteiger partial charge is 0.368 e. The van der Waals surface area contributed by atoms with E-state index in [4.69, 9.17) is 5.73 Å². The quantitative estimate of drug-likeness (QED) is 0.677. The molecule has 4 N–H and O–H groups in total. The summed E-state index contributed by atoms with van der Waals surface area (Å²) in [6.45, 7) is 0.382. The fourth-order valence-corrected chi connectivity index (χ4v) is 2.20. The van der Waals surface area contributed by atoms with Crippen LogP contribution in [0.1, 0.15) is 17.2 Å². The molecule has 0 unspecified atom stereocenters. The summed E-state index contributed by atoms with van der Waals surface area (Å²) < 4.78 is 38.6.